The summed E-state index contributed by atoms with van der Waals surface area (Å²) in [6.45, 7) is 0.580. The third-order valence-electron chi connectivity index (χ3n) is 2.33. The number of carbonyl (C=O) groups excluding carboxylic acids is 1. The molecule has 0 bridgehead atoms. The number of hydrogen-bond donors (Lipinski definition) is 2. The smallest absolute Gasteiger partial charge is 0.267 e. The number of nitrogens with one attached hydrogen (secondary N) is 1. The van der Waals surface area contributed by atoms with E-state index in [1.807, 2.05) is 0 Å². The molecule has 0 heterocycles. The van der Waals surface area contributed by atoms with Crippen molar-refractivity contribution < 1.29 is 14.1 Å². The lowest BCUT2D eigenvalue weighted by Gasteiger charge is -2.10. The molecule has 3 N–H and O–H groups in total. The van der Waals surface area contributed by atoms with E-state index in [1.54, 1.807) is 31.4 Å². The lowest BCUT2D eigenvalue weighted by molar-refractivity contribution is -0.112. The molecule has 1 rings (SSSR count). The number of ether oxygens (including phenoxy) is 1. The molecule has 0 aromatic heterocycles. The van der Waals surface area contributed by atoms with Crippen LogP contribution in [0.4, 0.5) is 0 Å². The molecule has 0 aliphatic heterocycles. The number of rotatable bonds is 7. The van der Waals surface area contributed by atoms with Crippen LogP contribution in [0.5, 0.6) is 0 Å². The van der Waals surface area contributed by atoms with Crippen molar-refractivity contribution in [2.24, 2.45) is 5.73 Å². The van der Waals surface area contributed by atoms with Crippen LogP contribution in [-0.2, 0) is 20.7 Å². The van der Waals surface area contributed by atoms with Gasteiger partial charge in [0.05, 0.1) is 6.61 Å². The van der Waals surface area contributed by atoms with E-state index in [0.717, 1.165) is 6.42 Å². The van der Waals surface area contributed by atoms with Crippen molar-refractivity contribution in [3.05, 3.63) is 29.8 Å². The molecule has 0 fully saturated rings. The lowest BCUT2D eigenvalue weighted by Crippen LogP contribution is -2.23. The number of benzene rings is 1. The number of amides is 1. The van der Waals surface area contributed by atoms with Crippen LogP contribution in [0, 0.1) is 5.41 Å². The molecule has 0 aliphatic carbocycles. The first kappa shape index (κ1) is 14.7. The van der Waals surface area contributed by atoms with Crippen molar-refractivity contribution in [2.75, 3.05) is 19.5 Å². The molecule has 0 radical (unpaired) electrons. The summed E-state index contributed by atoms with van der Waals surface area (Å²) in [4.78, 5) is 11.5. The Hall–Kier alpha value is -1.37. The van der Waals surface area contributed by atoms with Crippen LogP contribution in [0.25, 0.3) is 0 Å². The number of nitrogens with two attached hydrogens (primary N) is 1. The van der Waals surface area contributed by atoms with Gasteiger partial charge in [-0.2, -0.15) is 0 Å². The lowest BCUT2D eigenvalue weighted by atomic mass is 10.1. The highest BCUT2D eigenvalue weighted by molar-refractivity contribution is 7.91. The van der Waals surface area contributed by atoms with E-state index in [9.17, 15) is 9.35 Å². The fourth-order valence-electron chi connectivity index (χ4n) is 1.37. The van der Waals surface area contributed by atoms with E-state index in [2.05, 4.69) is 0 Å². The summed E-state index contributed by atoms with van der Waals surface area (Å²) < 4.78 is 16.7. The van der Waals surface area contributed by atoms with Crippen LogP contribution >= 0.6 is 0 Å². The Labute approximate surface area is 109 Å². The molecule has 1 atom stereocenters. The zero-order chi connectivity index (χ0) is 13.5. The first-order valence-electron chi connectivity index (χ1n) is 5.42. The van der Waals surface area contributed by atoms with E-state index in [4.69, 9.17) is 15.9 Å². The van der Waals surface area contributed by atoms with Crippen molar-refractivity contribution in [1.29, 1.82) is 5.41 Å². The Morgan fingerprint density at radius 2 is 2.06 bits per heavy atom. The first-order valence-corrected chi connectivity index (χ1v) is 6.74. The quantitative estimate of drug-likeness (QED) is 0.432. The highest BCUT2D eigenvalue weighted by atomic mass is 32.2. The molecule has 0 saturated heterocycles. The van der Waals surface area contributed by atoms with Gasteiger partial charge in [0, 0.05) is 19.1 Å². The average Bonchev–Trinajstić information content (AvgIpc) is 2.38. The van der Waals surface area contributed by atoms with Gasteiger partial charge in [-0.1, -0.05) is 0 Å². The molecule has 0 aliphatic rings. The third kappa shape index (κ3) is 4.14. The Morgan fingerprint density at radius 1 is 1.44 bits per heavy atom. The molecule has 5 nitrogen and oxygen atoms in total. The number of methoxy groups -OCH3 is 1. The molecule has 6 heteroatoms. The summed E-state index contributed by atoms with van der Waals surface area (Å²) in [6.07, 6.45) is 0.724. The zero-order valence-electron chi connectivity index (χ0n) is 10.1. The van der Waals surface area contributed by atoms with Gasteiger partial charge in [0.25, 0.3) is 5.91 Å². The van der Waals surface area contributed by atoms with E-state index in [-0.39, 0.29) is 5.71 Å². The van der Waals surface area contributed by atoms with Crippen molar-refractivity contribution in [2.45, 2.75) is 11.3 Å². The van der Waals surface area contributed by atoms with Crippen LogP contribution in [-0.4, -0.2) is 35.6 Å². The second-order valence-electron chi connectivity index (χ2n) is 3.66. The maximum absolute atomic E-state index is 11.8. The molecular formula is C12H16N2O3S. The standard InChI is InChI=1S/C12H16N2O3S/c1-17-7-2-8-18(16)10-5-3-9(4-6-10)11(13)12(14)15/h3-6,13H,2,7-8H2,1H3,(H2,14,15). The van der Waals surface area contributed by atoms with Gasteiger partial charge in [-0.15, -0.1) is 0 Å². The third-order valence-corrected chi connectivity index (χ3v) is 3.79. The Morgan fingerprint density at radius 3 is 2.56 bits per heavy atom. The first-order chi connectivity index (χ1) is 8.56. The average molecular weight is 268 g/mol. The topological polar surface area (TPSA) is 99.2 Å². The fourth-order valence-corrected chi connectivity index (χ4v) is 2.42. The van der Waals surface area contributed by atoms with Crippen LogP contribution < -0.4 is 5.73 Å². The highest BCUT2D eigenvalue weighted by Gasteiger charge is 2.12. The second-order valence-corrected chi connectivity index (χ2v) is 5.23. The van der Waals surface area contributed by atoms with E-state index < -0.39 is 17.1 Å². The zero-order valence-corrected chi connectivity index (χ0v) is 11.0. The number of hydrogen-bond acceptors (Lipinski definition) is 4. The predicted molar refractivity (Wildman–Crippen MR) is 70.2 cm³/mol. The van der Waals surface area contributed by atoms with Gasteiger partial charge < -0.3 is 15.0 Å². The fraction of sp³-hybridized carbons (Fsp3) is 0.333. The predicted octanol–water partition coefficient (Wildman–Crippen LogP) is 0.684. The molecule has 1 amide bonds. The van der Waals surface area contributed by atoms with Gasteiger partial charge in [-0.3, -0.25) is 10.2 Å². The summed E-state index contributed by atoms with van der Waals surface area (Å²) >= 11 is -1.08. The van der Waals surface area contributed by atoms with E-state index in [1.165, 1.54) is 0 Å². The minimum Gasteiger partial charge on any atom is -0.611 e. The highest BCUT2D eigenvalue weighted by Crippen LogP contribution is 2.13. The molecule has 1 aromatic carbocycles. The van der Waals surface area contributed by atoms with Crippen molar-refractivity contribution in [3.63, 3.8) is 0 Å². The minimum atomic E-state index is -1.08. The summed E-state index contributed by atoms with van der Waals surface area (Å²) in [7, 11) is 1.60. The van der Waals surface area contributed by atoms with Crippen molar-refractivity contribution in [1.82, 2.24) is 0 Å². The molecular weight excluding hydrogens is 252 g/mol. The monoisotopic (exact) mass is 268 g/mol. The van der Waals surface area contributed by atoms with Gasteiger partial charge in [0.1, 0.15) is 11.5 Å². The number of primary amides is 1. The van der Waals surface area contributed by atoms with E-state index in [0.29, 0.717) is 22.8 Å². The maximum Gasteiger partial charge on any atom is 0.267 e. The van der Waals surface area contributed by atoms with Crippen molar-refractivity contribution >= 4 is 22.8 Å². The molecule has 0 spiro atoms. The van der Waals surface area contributed by atoms with Gasteiger partial charge in [-0.05, 0) is 35.4 Å². The SMILES string of the molecule is COCCC[S+]([O-])c1ccc(C(=N)C(N)=O)cc1. The van der Waals surface area contributed by atoms with Crippen LogP contribution in [0.15, 0.2) is 29.2 Å². The summed E-state index contributed by atoms with van der Waals surface area (Å²) in [6, 6.07) is 6.46. The molecule has 98 valence electrons. The molecule has 1 unspecified atom stereocenters. The Bertz CT molecular complexity index is 420. The van der Waals surface area contributed by atoms with Gasteiger partial charge in [0.2, 0.25) is 0 Å². The molecule has 0 saturated carbocycles. The molecule has 1 aromatic rings. The van der Waals surface area contributed by atoms with E-state index >= 15 is 0 Å². The van der Waals surface area contributed by atoms with Gasteiger partial charge in [-0.25, -0.2) is 0 Å². The molecule has 18 heavy (non-hydrogen) atoms. The minimum absolute atomic E-state index is 0.244. The summed E-state index contributed by atoms with van der Waals surface area (Å²) in [5.74, 6) is -0.246. The Kier molecular flexibility index (Phi) is 5.84. The van der Waals surface area contributed by atoms with Gasteiger partial charge in [0.15, 0.2) is 4.90 Å². The normalized spacial score (nSPS) is 12.1. The number of carbonyl (C=O) groups is 1. The van der Waals surface area contributed by atoms with Crippen LogP contribution in [0.3, 0.4) is 0 Å². The second kappa shape index (κ2) is 7.15. The van der Waals surface area contributed by atoms with Crippen LogP contribution in [0.2, 0.25) is 0 Å². The van der Waals surface area contributed by atoms with Crippen molar-refractivity contribution in [3.8, 4) is 0 Å². The summed E-state index contributed by atoms with van der Waals surface area (Å²) in [5, 5.41) is 7.43. The van der Waals surface area contributed by atoms with Gasteiger partial charge >= 0.3 is 0 Å². The Balaban J connectivity index is 2.64. The largest absolute Gasteiger partial charge is 0.611 e. The summed E-state index contributed by atoms with van der Waals surface area (Å²) in [5.41, 5.74) is 5.20. The van der Waals surface area contributed by atoms with Crippen LogP contribution in [0.1, 0.15) is 12.0 Å². The maximum atomic E-state index is 11.8.